The average Bonchev–Trinajstić information content (AvgIpc) is 2.99. The van der Waals surface area contributed by atoms with Gasteiger partial charge in [0.05, 0.1) is 6.54 Å². The highest BCUT2D eigenvalue weighted by atomic mass is 15.6. The van der Waals surface area contributed by atoms with Gasteiger partial charge in [-0.2, -0.15) is 4.80 Å². The monoisotopic (exact) mass is 298 g/mol. The second-order valence-electron chi connectivity index (χ2n) is 5.70. The highest BCUT2D eigenvalue weighted by Gasteiger charge is 2.03. The largest absolute Gasteiger partial charge is 0.174 e. The highest BCUT2D eigenvalue weighted by Crippen LogP contribution is 2.08. The fraction of sp³-hybridized carbons (Fsp3) is 0.500. The Labute approximate surface area is 133 Å². The molecule has 1 heterocycles. The summed E-state index contributed by atoms with van der Waals surface area (Å²) in [5.74, 6) is 0.859. The molecule has 0 saturated carbocycles. The number of rotatable bonds is 10. The van der Waals surface area contributed by atoms with Crippen molar-refractivity contribution in [1.82, 2.24) is 20.2 Å². The molecule has 0 aliphatic rings. The molecule has 0 N–H and O–H groups in total. The maximum Gasteiger partial charge on any atom is 0.174 e. The van der Waals surface area contributed by atoms with Gasteiger partial charge >= 0.3 is 0 Å². The Morgan fingerprint density at radius 2 is 1.77 bits per heavy atom. The topological polar surface area (TPSA) is 43.6 Å². The molecule has 4 heteroatoms. The molecule has 0 aliphatic carbocycles. The van der Waals surface area contributed by atoms with Gasteiger partial charge in [-0.1, -0.05) is 75.9 Å². The quantitative estimate of drug-likeness (QED) is 0.615. The summed E-state index contributed by atoms with van der Waals surface area (Å²) in [7, 11) is 0. The number of hydrogen-bond acceptors (Lipinski definition) is 3. The molecule has 1 aromatic carbocycles. The van der Waals surface area contributed by atoms with E-state index in [0.29, 0.717) is 6.54 Å². The fourth-order valence-corrected chi connectivity index (χ4v) is 2.43. The number of aryl methyl sites for hydroxylation is 1. The Morgan fingerprint density at radius 1 is 1.05 bits per heavy atom. The molecule has 0 spiro atoms. The smallest absolute Gasteiger partial charge is 0.160 e. The summed E-state index contributed by atoms with van der Waals surface area (Å²) in [6.45, 7) is 6.67. The second kappa shape index (κ2) is 9.13. The van der Waals surface area contributed by atoms with Crippen molar-refractivity contribution in [3.8, 4) is 0 Å². The van der Waals surface area contributed by atoms with Crippen LogP contribution >= 0.6 is 0 Å². The van der Waals surface area contributed by atoms with Crippen LogP contribution in [0.4, 0.5) is 0 Å². The van der Waals surface area contributed by atoms with E-state index in [9.17, 15) is 0 Å². The van der Waals surface area contributed by atoms with Gasteiger partial charge in [0.2, 0.25) is 0 Å². The standard InChI is InChI=1S/C18H26N4/c1-3-5-6-7-8-9-10-18-19-21-22(20-18)15-17-13-11-16(4-2)12-14-17/h4,11-14H,2-3,5-10,15H2,1H3. The predicted octanol–water partition coefficient (Wildman–Crippen LogP) is 4.27. The molecule has 0 amide bonds. The van der Waals surface area contributed by atoms with E-state index in [1.165, 1.54) is 37.7 Å². The predicted molar refractivity (Wildman–Crippen MR) is 90.5 cm³/mol. The van der Waals surface area contributed by atoms with E-state index in [2.05, 4.69) is 53.2 Å². The van der Waals surface area contributed by atoms with E-state index >= 15 is 0 Å². The molecule has 0 unspecified atom stereocenters. The molecular formula is C18H26N4. The number of aromatic nitrogens is 4. The lowest BCUT2D eigenvalue weighted by Crippen LogP contribution is -2.04. The van der Waals surface area contributed by atoms with Crippen molar-refractivity contribution in [1.29, 1.82) is 0 Å². The Kier molecular flexibility index (Phi) is 6.81. The summed E-state index contributed by atoms with van der Waals surface area (Å²) >= 11 is 0. The van der Waals surface area contributed by atoms with E-state index in [1.54, 1.807) is 4.80 Å². The van der Waals surface area contributed by atoms with Crippen LogP contribution in [0, 0.1) is 0 Å². The summed E-state index contributed by atoms with van der Waals surface area (Å²) in [5.41, 5.74) is 2.30. The first-order chi connectivity index (χ1) is 10.8. The minimum atomic E-state index is 0.668. The van der Waals surface area contributed by atoms with E-state index in [-0.39, 0.29) is 0 Å². The molecule has 22 heavy (non-hydrogen) atoms. The first-order valence-electron chi connectivity index (χ1n) is 8.30. The lowest BCUT2D eigenvalue weighted by molar-refractivity contribution is 0.567. The number of tetrazole rings is 1. The van der Waals surface area contributed by atoms with Crippen LogP contribution in [0.15, 0.2) is 30.8 Å². The first-order valence-corrected chi connectivity index (χ1v) is 8.30. The van der Waals surface area contributed by atoms with Crippen molar-refractivity contribution in [3.63, 3.8) is 0 Å². The zero-order valence-electron chi connectivity index (χ0n) is 13.5. The SMILES string of the molecule is C=Cc1ccc(Cn2nnc(CCCCCCCC)n2)cc1. The second-order valence-corrected chi connectivity index (χ2v) is 5.70. The third-order valence-corrected chi connectivity index (χ3v) is 3.79. The number of unbranched alkanes of at least 4 members (excludes halogenated alkanes) is 5. The van der Waals surface area contributed by atoms with Crippen LogP contribution in [0.1, 0.15) is 62.4 Å². The first kappa shape index (κ1) is 16.4. The van der Waals surface area contributed by atoms with Crippen molar-refractivity contribution in [2.24, 2.45) is 0 Å². The van der Waals surface area contributed by atoms with Crippen LogP contribution in [0.25, 0.3) is 6.08 Å². The third kappa shape index (κ3) is 5.43. The molecule has 0 bridgehead atoms. The molecule has 0 aliphatic heterocycles. The van der Waals surface area contributed by atoms with Crippen LogP contribution < -0.4 is 0 Å². The van der Waals surface area contributed by atoms with Gasteiger partial charge in [0.25, 0.3) is 0 Å². The van der Waals surface area contributed by atoms with Crippen molar-refractivity contribution in [2.75, 3.05) is 0 Å². The Morgan fingerprint density at radius 3 is 2.50 bits per heavy atom. The van der Waals surface area contributed by atoms with Gasteiger partial charge in [0.15, 0.2) is 5.82 Å². The van der Waals surface area contributed by atoms with E-state index in [4.69, 9.17) is 0 Å². The van der Waals surface area contributed by atoms with Gasteiger partial charge in [-0.15, -0.1) is 10.2 Å². The summed E-state index contributed by atoms with van der Waals surface area (Å²) in [6, 6.07) is 8.26. The van der Waals surface area contributed by atoms with E-state index in [0.717, 1.165) is 24.2 Å². The van der Waals surface area contributed by atoms with Crippen LogP contribution in [0.5, 0.6) is 0 Å². The van der Waals surface area contributed by atoms with Crippen LogP contribution in [0.3, 0.4) is 0 Å². The van der Waals surface area contributed by atoms with Crippen LogP contribution in [-0.2, 0) is 13.0 Å². The van der Waals surface area contributed by atoms with E-state index < -0.39 is 0 Å². The molecule has 1 aromatic heterocycles. The lowest BCUT2D eigenvalue weighted by Gasteiger charge is -2.00. The average molecular weight is 298 g/mol. The molecule has 4 nitrogen and oxygen atoms in total. The van der Waals surface area contributed by atoms with Gasteiger partial charge in [-0.05, 0) is 22.8 Å². The third-order valence-electron chi connectivity index (χ3n) is 3.79. The zero-order valence-corrected chi connectivity index (χ0v) is 13.5. The van der Waals surface area contributed by atoms with Crippen molar-refractivity contribution in [2.45, 2.75) is 58.4 Å². The van der Waals surface area contributed by atoms with Gasteiger partial charge in [-0.25, -0.2) is 0 Å². The molecule has 2 aromatic rings. The van der Waals surface area contributed by atoms with Crippen LogP contribution in [0.2, 0.25) is 0 Å². The summed E-state index contributed by atoms with van der Waals surface area (Å²) in [6.07, 6.45) is 10.5. The summed E-state index contributed by atoms with van der Waals surface area (Å²) < 4.78 is 0. The molecule has 0 radical (unpaired) electrons. The van der Waals surface area contributed by atoms with Gasteiger partial charge in [-0.3, -0.25) is 0 Å². The summed E-state index contributed by atoms with van der Waals surface area (Å²) in [5, 5.41) is 12.7. The van der Waals surface area contributed by atoms with Crippen molar-refractivity contribution >= 4 is 6.08 Å². The normalized spacial score (nSPS) is 10.8. The molecule has 0 saturated heterocycles. The maximum absolute atomic E-state index is 4.46. The van der Waals surface area contributed by atoms with Gasteiger partial charge in [0, 0.05) is 6.42 Å². The molecule has 2 rings (SSSR count). The van der Waals surface area contributed by atoms with Gasteiger partial charge < -0.3 is 0 Å². The maximum atomic E-state index is 4.46. The molecule has 0 atom stereocenters. The van der Waals surface area contributed by atoms with Crippen molar-refractivity contribution < 1.29 is 0 Å². The number of nitrogens with zero attached hydrogens (tertiary/aromatic N) is 4. The highest BCUT2D eigenvalue weighted by molar-refractivity contribution is 5.47. The Bertz CT molecular complexity index is 557. The van der Waals surface area contributed by atoms with Crippen molar-refractivity contribution in [3.05, 3.63) is 47.8 Å². The molecule has 0 fully saturated rings. The van der Waals surface area contributed by atoms with Crippen LogP contribution in [-0.4, -0.2) is 20.2 Å². The fourth-order valence-electron chi connectivity index (χ4n) is 2.43. The van der Waals surface area contributed by atoms with E-state index in [1.807, 2.05) is 6.08 Å². The molecule has 118 valence electrons. The summed E-state index contributed by atoms with van der Waals surface area (Å²) in [4.78, 5) is 1.68. The number of benzene rings is 1. The zero-order chi connectivity index (χ0) is 15.6. The van der Waals surface area contributed by atoms with Gasteiger partial charge in [0.1, 0.15) is 0 Å². The number of hydrogen-bond donors (Lipinski definition) is 0. The lowest BCUT2D eigenvalue weighted by atomic mass is 10.1. The minimum absolute atomic E-state index is 0.668. The Hall–Kier alpha value is -1.97. The minimum Gasteiger partial charge on any atom is -0.160 e. The Balaban J connectivity index is 1.74. The molecular weight excluding hydrogens is 272 g/mol.